The Labute approximate surface area is 122 Å². The van der Waals surface area contributed by atoms with Gasteiger partial charge in [0.25, 0.3) is 0 Å². The fourth-order valence-corrected chi connectivity index (χ4v) is 2.26. The van der Waals surface area contributed by atoms with Gasteiger partial charge in [-0.3, -0.25) is 0 Å². The van der Waals surface area contributed by atoms with Gasteiger partial charge in [-0.1, -0.05) is 39.1 Å². The third-order valence-electron chi connectivity index (χ3n) is 2.13. The van der Waals surface area contributed by atoms with E-state index in [1.165, 1.54) is 24.3 Å². The SMILES string of the molecule is Nc1cc(Cl)c(Oc2ccc(Br)cc2F)c(Cl)c1. The lowest BCUT2D eigenvalue weighted by atomic mass is 10.3. The summed E-state index contributed by atoms with van der Waals surface area (Å²) in [6, 6.07) is 7.38. The normalized spacial score (nSPS) is 10.4. The molecule has 0 unspecified atom stereocenters. The Bertz CT molecular complexity index is 584. The highest BCUT2D eigenvalue weighted by Gasteiger charge is 2.12. The molecule has 0 aliphatic carbocycles. The second-order valence-electron chi connectivity index (χ2n) is 3.49. The maximum atomic E-state index is 13.6. The maximum absolute atomic E-state index is 13.6. The average Bonchev–Trinajstić information content (AvgIpc) is 2.25. The molecule has 0 amide bonds. The molecule has 0 aliphatic rings. The lowest BCUT2D eigenvalue weighted by Gasteiger charge is -2.11. The van der Waals surface area contributed by atoms with Gasteiger partial charge in [0.15, 0.2) is 17.3 Å². The number of halogens is 4. The summed E-state index contributed by atoms with van der Waals surface area (Å²) in [5, 5.41) is 0.449. The molecular formula is C12H7BrCl2FNO. The Balaban J connectivity index is 2.40. The Kier molecular flexibility index (Phi) is 4.00. The van der Waals surface area contributed by atoms with Crippen LogP contribution in [0.15, 0.2) is 34.8 Å². The number of benzene rings is 2. The van der Waals surface area contributed by atoms with Crippen LogP contribution in [0, 0.1) is 5.82 Å². The van der Waals surface area contributed by atoms with Gasteiger partial charge in [-0.05, 0) is 30.3 Å². The zero-order chi connectivity index (χ0) is 13.3. The molecule has 94 valence electrons. The quantitative estimate of drug-likeness (QED) is 0.749. The molecule has 0 atom stereocenters. The highest BCUT2D eigenvalue weighted by atomic mass is 79.9. The largest absolute Gasteiger partial charge is 0.451 e. The summed E-state index contributed by atoms with van der Waals surface area (Å²) in [4.78, 5) is 0. The lowest BCUT2D eigenvalue weighted by molar-refractivity contribution is 0.442. The second kappa shape index (κ2) is 5.34. The molecule has 0 fully saturated rings. The van der Waals surface area contributed by atoms with Crippen molar-refractivity contribution < 1.29 is 9.13 Å². The molecule has 2 rings (SSSR count). The topological polar surface area (TPSA) is 35.2 Å². The van der Waals surface area contributed by atoms with E-state index in [4.69, 9.17) is 33.7 Å². The van der Waals surface area contributed by atoms with Gasteiger partial charge in [0.1, 0.15) is 0 Å². The molecule has 6 heteroatoms. The molecule has 2 aromatic carbocycles. The average molecular weight is 351 g/mol. The highest BCUT2D eigenvalue weighted by molar-refractivity contribution is 9.10. The second-order valence-corrected chi connectivity index (χ2v) is 5.22. The van der Waals surface area contributed by atoms with Crippen molar-refractivity contribution in [3.05, 3.63) is 50.7 Å². The number of hydrogen-bond donors (Lipinski definition) is 1. The van der Waals surface area contributed by atoms with E-state index in [0.717, 1.165) is 0 Å². The van der Waals surface area contributed by atoms with E-state index < -0.39 is 5.82 Å². The maximum Gasteiger partial charge on any atom is 0.166 e. The van der Waals surface area contributed by atoms with Crippen molar-refractivity contribution in [1.29, 1.82) is 0 Å². The number of nitrogens with two attached hydrogens (primary N) is 1. The third-order valence-corrected chi connectivity index (χ3v) is 3.18. The first-order valence-electron chi connectivity index (χ1n) is 4.85. The summed E-state index contributed by atoms with van der Waals surface area (Å²) in [6.07, 6.45) is 0. The molecule has 2 N–H and O–H groups in total. The molecule has 2 nitrogen and oxygen atoms in total. The van der Waals surface area contributed by atoms with Crippen molar-refractivity contribution in [2.24, 2.45) is 0 Å². The van der Waals surface area contributed by atoms with Crippen LogP contribution in [0.1, 0.15) is 0 Å². The number of nitrogen functional groups attached to an aromatic ring is 1. The molecule has 18 heavy (non-hydrogen) atoms. The zero-order valence-electron chi connectivity index (χ0n) is 8.88. The first kappa shape index (κ1) is 13.5. The first-order chi connectivity index (χ1) is 8.47. The summed E-state index contributed by atoms with van der Waals surface area (Å²) < 4.78 is 19.6. The van der Waals surface area contributed by atoms with Crippen molar-refractivity contribution in [2.45, 2.75) is 0 Å². The fourth-order valence-electron chi connectivity index (χ4n) is 1.34. The van der Waals surface area contributed by atoms with Crippen LogP contribution in [-0.2, 0) is 0 Å². The molecule has 0 aromatic heterocycles. The number of ether oxygens (including phenoxy) is 1. The lowest BCUT2D eigenvalue weighted by Crippen LogP contribution is -1.92. The van der Waals surface area contributed by atoms with Gasteiger partial charge in [0.05, 0.1) is 10.0 Å². The molecular weight excluding hydrogens is 344 g/mol. The van der Waals surface area contributed by atoms with Gasteiger partial charge < -0.3 is 10.5 Å². The number of hydrogen-bond acceptors (Lipinski definition) is 2. The van der Waals surface area contributed by atoms with Gasteiger partial charge in [0, 0.05) is 10.2 Å². The Morgan fingerprint density at radius 1 is 1.11 bits per heavy atom. The number of rotatable bonds is 2. The molecule has 0 radical (unpaired) electrons. The van der Waals surface area contributed by atoms with Crippen molar-refractivity contribution in [1.82, 2.24) is 0 Å². The summed E-state index contributed by atoms with van der Waals surface area (Å²) in [6.45, 7) is 0. The Hall–Kier alpha value is -0.970. The van der Waals surface area contributed by atoms with Gasteiger partial charge in [0.2, 0.25) is 0 Å². The summed E-state index contributed by atoms with van der Waals surface area (Å²) in [7, 11) is 0. The van der Waals surface area contributed by atoms with Crippen LogP contribution in [0.4, 0.5) is 10.1 Å². The molecule has 0 spiro atoms. The Morgan fingerprint density at radius 2 is 1.72 bits per heavy atom. The van der Waals surface area contributed by atoms with Crippen molar-refractivity contribution >= 4 is 44.8 Å². The Morgan fingerprint density at radius 3 is 2.28 bits per heavy atom. The van der Waals surface area contributed by atoms with Crippen LogP contribution in [0.5, 0.6) is 11.5 Å². The fraction of sp³-hybridized carbons (Fsp3) is 0. The first-order valence-corrected chi connectivity index (χ1v) is 6.39. The van der Waals surface area contributed by atoms with E-state index in [0.29, 0.717) is 10.2 Å². The van der Waals surface area contributed by atoms with Crippen LogP contribution in [-0.4, -0.2) is 0 Å². The predicted octanol–water partition coefficient (Wildman–Crippen LogP) is 5.27. The summed E-state index contributed by atoms with van der Waals surface area (Å²) in [5.74, 6) is -0.311. The van der Waals surface area contributed by atoms with Crippen molar-refractivity contribution in [3.63, 3.8) is 0 Å². The van der Waals surface area contributed by atoms with Crippen LogP contribution < -0.4 is 10.5 Å². The molecule has 0 aliphatic heterocycles. The van der Waals surface area contributed by atoms with Crippen LogP contribution in [0.3, 0.4) is 0 Å². The van der Waals surface area contributed by atoms with Crippen molar-refractivity contribution in [2.75, 3.05) is 5.73 Å². The van der Waals surface area contributed by atoms with Crippen LogP contribution in [0.2, 0.25) is 10.0 Å². The number of anilines is 1. The van der Waals surface area contributed by atoms with Gasteiger partial charge in [-0.15, -0.1) is 0 Å². The zero-order valence-corrected chi connectivity index (χ0v) is 12.0. The summed E-state index contributed by atoms with van der Waals surface area (Å²) >= 11 is 15.1. The molecule has 0 bridgehead atoms. The third kappa shape index (κ3) is 2.88. The van der Waals surface area contributed by atoms with Crippen LogP contribution in [0.25, 0.3) is 0 Å². The minimum atomic E-state index is -0.520. The van der Waals surface area contributed by atoms with Crippen molar-refractivity contribution in [3.8, 4) is 11.5 Å². The summed E-state index contributed by atoms with van der Waals surface area (Å²) in [5.41, 5.74) is 5.98. The van der Waals surface area contributed by atoms with E-state index >= 15 is 0 Å². The standard InChI is InChI=1S/C12H7BrCl2FNO/c13-6-1-2-11(10(16)3-6)18-12-8(14)4-7(17)5-9(12)15/h1-5H,17H2. The minimum Gasteiger partial charge on any atom is -0.451 e. The van der Waals surface area contributed by atoms with E-state index in [1.807, 2.05) is 0 Å². The van der Waals surface area contributed by atoms with E-state index in [-0.39, 0.29) is 21.5 Å². The van der Waals surface area contributed by atoms with E-state index in [2.05, 4.69) is 15.9 Å². The molecule has 0 saturated heterocycles. The van der Waals surface area contributed by atoms with E-state index in [1.54, 1.807) is 6.07 Å². The smallest absolute Gasteiger partial charge is 0.166 e. The van der Waals surface area contributed by atoms with Gasteiger partial charge in [-0.25, -0.2) is 4.39 Å². The van der Waals surface area contributed by atoms with Gasteiger partial charge in [-0.2, -0.15) is 0 Å². The van der Waals surface area contributed by atoms with Crippen LogP contribution >= 0.6 is 39.1 Å². The highest BCUT2D eigenvalue weighted by Crippen LogP contribution is 2.39. The molecule has 0 saturated carbocycles. The van der Waals surface area contributed by atoms with E-state index in [9.17, 15) is 4.39 Å². The molecule has 0 heterocycles. The molecule has 2 aromatic rings. The monoisotopic (exact) mass is 349 g/mol. The van der Waals surface area contributed by atoms with Gasteiger partial charge >= 0.3 is 0 Å². The predicted molar refractivity (Wildman–Crippen MR) is 75.0 cm³/mol. The minimum absolute atomic E-state index is 0.0340.